The first kappa shape index (κ1) is 14.4. The molecule has 3 heteroatoms. The molecule has 1 saturated heterocycles. The maximum atomic E-state index is 6.06. The molecule has 1 aromatic carbocycles. The molecule has 0 spiro atoms. The number of piperidine rings is 1. The number of rotatable bonds is 5. The van der Waals surface area contributed by atoms with E-state index < -0.39 is 0 Å². The van der Waals surface area contributed by atoms with Crippen LogP contribution in [0.15, 0.2) is 18.2 Å². The van der Waals surface area contributed by atoms with Crippen LogP contribution in [0.2, 0.25) is 5.02 Å². The summed E-state index contributed by atoms with van der Waals surface area (Å²) in [5.74, 6) is 0.879. The van der Waals surface area contributed by atoms with Crippen molar-refractivity contribution in [1.29, 1.82) is 0 Å². The summed E-state index contributed by atoms with van der Waals surface area (Å²) in [6.45, 7) is 6.94. The van der Waals surface area contributed by atoms with Crippen molar-refractivity contribution in [3.8, 4) is 0 Å². The van der Waals surface area contributed by atoms with Gasteiger partial charge in [-0.15, -0.1) is 0 Å². The molecule has 1 N–H and O–H groups in total. The van der Waals surface area contributed by atoms with Crippen LogP contribution in [0.5, 0.6) is 0 Å². The molecule has 3 rings (SSSR count). The zero-order valence-electron chi connectivity index (χ0n) is 12.4. The van der Waals surface area contributed by atoms with Crippen LogP contribution in [0.25, 0.3) is 0 Å². The molecule has 110 valence electrons. The Morgan fingerprint density at radius 3 is 2.60 bits per heavy atom. The molecular formula is C17H25ClN2. The zero-order valence-corrected chi connectivity index (χ0v) is 13.1. The molecule has 2 aliphatic rings. The van der Waals surface area contributed by atoms with E-state index in [0.29, 0.717) is 0 Å². The van der Waals surface area contributed by atoms with Gasteiger partial charge in [0, 0.05) is 24.2 Å². The Labute approximate surface area is 127 Å². The van der Waals surface area contributed by atoms with Gasteiger partial charge >= 0.3 is 0 Å². The number of nitrogens with one attached hydrogen (secondary N) is 1. The molecule has 2 fully saturated rings. The summed E-state index contributed by atoms with van der Waals surface area (Å²) < 4.78 is 0. The van der Waals surface area contributed by atoms with Gasteiger partial charge in [0.1, 0.15) is 0 Å². The molecule has 1 aliphatic carbocycles. The predicted molar refractivity (Wildman–Crippen MR) is 85.2 cm³/mol. The lowest BCUT2D eigenvalue weighted by Gasteiger charge is -2.30. The average Bonchev–Trinajstić information content (AvgIpc) is 3.26. The van der Waals surface area contributed by atoms with Crippen LogP contribution in [0, 0.1) is 12.8 Å². The molecule has 1 saturated carbocycles. The summed E-state index contributed by atoms with van der Waals surface area (Å²) in [5.41, 5.74) is 2.77. The van der Waals surface area contributed by atoms with Crippen molar-refractivity contribution in [1.82, 2.24) is 10.2 Å². The molecule has 0 atom stereocenters. The fourth-order valence-electron chi connectivity index (χ4n) is 3.23. The van der Waals surface area contributed by atoms with E-state index in [4.69, 9.17) is 11.6 Å². The van der Waals surface area contributed by atoms with E-state index in [-0.39, 0.29) is 0 Å². The molecular weight excluding hydrogens is 268 g/mol. The molecule has 0 bridgehead atoms. The van der Waals surface area contributed by atoms with E-state index in [2.05, 4.69) is 29.3 Å². The quantitative estimate of drug-likeness (QED) is 0.892. The van der Waals surface area contributed by atoms with Crippen LogP contribution in [0.1, 0.15) is 36.8 Å². The SMILES string of the molecule is Cc1cc(Cl)ccc1CN(CC1CCNCC1)C1CC1. The lowest BCUT2D eigenvalue weighted by molar-refractivity contribution is 0.190. The van der Waals surface area contributed by atoms with E-state index in [1.54, 1.807) is 0 Å². The molecule has 1 aromatic rings. The second-order valence-corrected chi connectivity index (χ2v) is 6.86. The van der Waals surface area contributed by atoms with E-state index >= 15 is 0 Å². The summed E-state index contributed by atoms with van der Waals surface area (Å²) in [4.78, 5) is 2.71. The topological polar surface area (TPSA) is 15.3 Å². The van der Waals surface area contributed by atoms with Crippen molar-refractivity contribution in [2.75, 3.05) is 19.6 Å². The highest BCUT2D eigenvalue weighted by molar-refractivity contribution is 6.30. The summed E-state index contributed by atoms with van der Waals surface area (Å²) in [7, 11) is 0. The largest absolute Gasteiger partial charge is 0.317 e. The molecule has 0 amide bonds. The van der Waals surface area contributed by atoms with Crippen molar-refractivity contribution in [3.05, 3.63) is 34.3 Å². The van der Waals surface area contributed by atoms with Gasteiger partial charge in [-0.25, -0.2) is 0 Å². The summed E-state index contributed by atoms with van der Waals surface area (Å²) in [5, 5.41) is 4.31. The fourth-order valence-corrected chi connectivity index (χ4v) is 3.46. The molecule has 1 aliphatic heterocycles. The molecule has 0 radical (unpaired) electrons. The van der Waals surface area contributed by atoms with Gasteiger partial charge in [0.15, 0.2) is 0 Å². The van der Waals surface area contributed by atoms with E-state index in [1.807, 2.05) is 6.07 Å². The van der Waals surface area contributed by atoms with Gasteiger partial charge in [-0.3, -0.25) is 4.90 Å². The first-order chi connectivity index (χ1) is 9.72. The van der Waals surface area contributed by atoms with Crippen molar-refractivity contribution in [3.63, 3.8) is 0 Å². The second-order valence-electron chi connectivity index (χ2n) is 6.42. The maximum Gasteiger partial charge on any atom is 0.0408 e. The molecule has 20 heavy (non-hydrogen) atoms. The Hall–Kier alpha value is -0.570. The van der Waals surface area contributed by atoms with Gasteiger partial charge in [0.25, 0.3) is 0 Å². The minimum absolute atomic E-state index is 0.833. The molecule has 0 aromatic heterocycles. The zero-order chi connectivity index (χ0) is 13.9. The lowest BCUT2D eigenvalue weighted by Crippen LogP contribution is -2.37. The molecule has 1 heterocycles. The number of halogens is 1. The van der Waals surface area contributed by atoms with Crippen molar-refractivity contribution >= 4 is 11.6 Å². The first-order valence-electron chi connectivity index (χ1n) is 7.92. The van der Waals surface area contributed by atoms with Crippen molar-refractivity contribution < 1.29 is 0 Å². The fraction of sp³-hybridized carbons (Fsp3) is 0.647. The van der Waals surface area contributed by atoms with Gasteiger partial charge in [-0.2, -0.15) is 0 Å². The third kappa shape index (κ3) is 3.75. The minimum Gasteiger partial charge on any atom is -0.317 e. The Morgan fingerprint density at radius 2 is 1.95 bits per heavy atom. The van der Waals surface area contributed by atoms with E-state index in [9.17, 15) is 0 Å². The number of benzene rings is 1. The Balaban J connectivity index is 1.64. The van der Waals surface area contributed by atoms with Crippen LogP contribution in [0.3, 0.4) is 0 Å². The van der Waals surface area contributed by atoms with Crippen LogP contribution in [-0.2, 0) is 6.54 Å². The van der Waals surface area contributed by atoms with Crippen molar-refractivity contribution in [2.24, 2.45) is 5.92 Å². The van der Waals surface area contributed by atoms with Gasteiger partial charge in [0.05, 0.1) is 0 Å². The third-order valence-electron chi connectivity index (χ3n) is 4.69. The van der Waals surface area contributed by atoms with Crippen LogP contribution in [-0.4, -0.2) is 30.6 Å². The van der Waals surface area contributed by atoms with Gasteiger partial charge in [-0.1, -0.05) is 17.7 Å². The van der Waals surface area contributed by atoms with Gasteiger partial charge in [0.2, 0.25) is 0 Å². The summed E-state index contributed by atoms with van der Waals surface area (Å²) >= 11 is 6.06. The van der Waals surface area contributed by atoms with E-state index in [1.165, 1.54) is 56.4 Å². The summed E-state index contributed by atoms with van der Waals surface area (Å²) in [6.07, 6.45) is 5.45. The maximum absolute atomic E-state index is 6.06. The van der Waals surface area contributed by atoms with Crippen molar-refractivity contribution in [2.45, 2.75) is 45.2 Å². The number of nitrogens with zero attached hydrogens (tertiary/aromatic N) is 1. The highest BCUT2D eigenvalue weighted by Gasteiger charge is 2.31. The van der Waals surface area contributed by atoms with Crippen LogP contribution >= 0.6 is 11.6 Å². The second kappa shape index (κ2) is 6.46. The molecule has 2 nitrogen and oxygen atoms in total. The van der Waals surface area contributed by atoms with Crippen LogP contribution in [0.4, 0.5) is 0 Å². The highest BCUT2D eigenvalue weighted by Crippen LogP contribution is 2.31. The lowest BCUT2D eigenvalue weighted by atomic mass is 9.97. The number of hydrogen-bond donors (Lipinski definition) is 1. The average molecular weight is 293 g/mol. The highest BCUT2D eigenvalue weighted by atomic mass is 35.5. The first-order valence-corrected chi connectivity index (χ1v) is 8.30. The number of aryl methyl sites for hydroxylation is 1. The van der Waals surface area contributed by atoms with E-state index in [0.717, 1.165) is 23.5 Å². The standard InChI is InChI=1S/C17H25ClN2/c1-13-10-16(18)3-2-15(13)12-20(17-4-5-17)11-14-6-8-19-9-7-14/h2-3,10,14,17,19H,4-9,11-12H2,1H3. The van der Waals surface area contributed by atoms with Gasteiger partial charge < -0.3 is 5.32 Å². The Bertz CT molecular complexity index is 450. The predicted octanol–water partition coefficient (Wildman–Crippen LogP) is 3.61. The monoisotopic (exact) mass is 292 g/mol. The number of hydrogen-bond acceptors (Lipinski definition) is 2. The van der Waals surface area contributed by atoms with Crippen LogP contribution < -0.4 is 5.32 Å². The van der Waals surface area contributed by atoms with Gasteiger partial charge in [-0.05, 0) is 74.9 Å². The summed E-state index contributed by atoms with van der Waals surface area (Å²) in [6, 6.07) is 7.15. The smallest absolute Gasteiger partial charge is 0.0408 e. The third-order valence-corrected chi connectivity index (χ3v) is 4.93. The normalized spacial score (nSPS) is 20.6. The Kier molecular flexibility index (Phi) is 4.65. The minimum atomic E-state index is 0.833. The molecule has 0 unspecified atom stereocenters. The Morgan fingerprint density at radius 1 is 1.20 bits per heavy atom.